The molecule has 1 aromatic rings. The van der Waals surface area contributed by atoms with E-state index in [0.29, 0.717) is 18.6 Å². The van der Waals surface area contributed by atoms with Crippen molar-refractivity contribution in [1.82, 2.24) is 9.62 Å². The Morgan fingerprint density at radius 1 is 1.25 bits per heavy atom. The first-order valence-electron chi connectivity index (χ1n) is 8.28. The van der Waals surface area contributed by atoms with Gasteiger partial charge in [-0.1, -0.05) is 18.2 Å². The van der Waals surface area contributed by atoms with Crippen LogP contribution in [0.4, 0.5) is 0 Å². The number of nitrogens with zero attached hydrogens (tertiary/aromatic N) is 1. The van der Waals surface area contributed by atoms with Crippen molar-refractivity contribution in [2.75, 3.05) is 13.4 Å². The van der Waals surface area contributed by atoms with Gasteiger partial charge in [-0.05, 0) is 31.7 Å². The number of ether oxygens (including phenoxy) is 1. The lowest BCUT2D eigenvalue weighted by Gasteiger charge is -2.37. The van der Waals surface area contributed by atoms with Crippen LogP contribution in [0.5, 0.6) is 5.75 Å². The van der Waals surface area contributed by atoms with Gasteiger partial charge in [0.2, 0.25) is 15.9 Å². The van der Waals surface area contributed by atoms with Gasteiger partial charge in [0.15, 0.2) is 0 Å². The normalized spacial score (nSPS) is 27.0. The van der Waals surface area contributed by atoms with Gasteiger partial charge >= 0.3 is 0 Å². The van der Waals surface area contributed by atoms with Crippen LogP contribution in [0, 0.1) is 0 Å². The third-order valence-electron chi connectivity index (χ3n) is 4.96. The quantitative estimate of drug-likeness (QED) is 0.867. The van der Waals surface area contributed by atoms with Gasteiger partial charge in [0.05, 0.1) is 19.8 Å². The number of para-hydroxylation sites is 1. The molecule has 1 amide bonds. The number of sulfonamides is 1. The van der Waals surface area contributed by atoms with E-state index in [1.807, 2.05) is 24.3 Å². The van der Waals surface area contributed by atoms with E-state index in [0.717, 1.165) is 18.4 Å². The van der Waals surface area contributed by atoms with Gasteiger partial charge in [-0.15, -0.1) is 0 Å². The number of hydrogen-bond donors (Lipinski definition) is 1. The first kappa shape index (κ1) is 17.2. The van der Waals surface area contributed by atoms with Crippen LogP contribution < -0.4 is 10.1 Å². The fourth-order valence-corrected chi connectivity index (χ4v) is 5.56. The summed E-state index contributed by atoms with van der Waals surface area (Å²) in [6.45, 7) is 0. The molecule has 3 rings (SSSR count). The zero-order valence-electron chi connectivity index (χ0n) is 14.1. The summed E-state index contributed by atoms with van der Waals surface area (Å²) in [6, 6.07) is 7.57. The largest absolute Gasteiger partial charge is 0.496 e. The Kier molecular flexibility index (Phi) is 4.83. The number of piperidine rings is 1. The molecule has 0 aliphatic carbocycles. The Hall–Kier alpha value is -1.60. The highest BCUT2D eigenvalue weighted by atomic mass is 32.2. The summed E-state index contributed by atoms with van der Waals surface area (Å²) in [6.07, 6.45) is 4.71. The average molecular weight is 352 g/mol. The number of carbonyl (C=O) groups is 1. The maximum absolute atomic E-state index is 12.4. The zero-order valence-corrected chi connectivity index (χ0v) is 14.9. The summed E-state index contributed by atoms with van der Waals surface area (Å²) < 4.78 is 30.8. The van der Waals surface area contributed by atoms with Crippen LogP contribution in [0.15, 0.2) is 24.3 Å². The molecule has 7 heteroatoms. The fourth-order valence-electron chi connectivity index (χ4n) is 4.09. The minimum absolute atomic E-state index is 0.0234. The van der Waals surface area contributed by atoms with Crippen molar-refractivity contribution in [3.63, 3.8) is 0 Å². The van der Waals surface area contributed by atoms with Gasteiger partial charge in [0, 0.05) is 23.7 Å². The maximum Gasteiger partial charge on any atom is 0.224 e. The van der Waals surface area contributed by atoms with Crippen LogP contribution in [0.2, 0.25) is 0 Å². The molecular weight excluding hydrogens is 328 g/mol. The second kappa shape index (κ2) is 6.72. The fraction of sp³-hybridized carbons (Fsp3) is 0.588. The molecule has 24 heavy (non-hydrogen) atoms. The van der Waals surface area contributed by atoms with Crippen molar-refractivity contribution in [2.24, 2.45) is 0 Å². The highest BCUT2D eigenvalue weighted by molar-refractivity contribution is 7.88. The Morgan fingerprint density at radius 3 is 2.46 bits per heavy atom. The number of methoxy groups -OCH3 is 1. The lowest BCUT2D eigenvalue weighted by atomic mass is 9.99. The number of rotatable bonds is 5. The van der Waals surface area contributed by atoms with E-state index in [9.17, 15) is 13.2 Å². The molecule has 1 aromatic carbocycles. The number of fused-ring (bicyclic) bond motifs is 2. The molecule has 0 aromatic heterocycles. The molecule has 2 bridgehead atoms. The van der Waals surface area contributed by atoms with E-state index in [2.05, 4.69) is 5.32 Å². The molecule has 6 nitrogen and oxygen atoms in total. The third-order valence-corrected chi connectivity index (χ3v) is 6.32. The molecule has 2 atom stereocenters. The second-order valence-electron chi connectivity index (χ2n) is 6.70. The highest BCUT2D eigenvalue weighted by Crippen LogP contribution is 2.37. The van der Waals surface area contributed by atoms with E-state index >= 15 is 0 Å². The monoisotopic (exact) mass is 352 g/mol. The number of benzene rings is 1. The molecule has 2 fully saturated rings. The number of nitrogens with one attached hydrogen (secondary N) is 1. The molecule has 0 radical (unpaired) electrons. The van der Waals surface area contributed by atoms with Crippen LogP contribution in [-0.4, -0.2) is 50.1 Å². The molecule has 2 heterocycles. The van der Waals surface area contributed by atoms with E-state index in [1.54, 1.807) is 11.4 Å². The Morgan fingerprint density at radius 2 is 1.88 bits per heavy atom. The molecule has 0 saturated carbocycles. The number of amides is 1. The Balaban J connectivity index is 1.61. The van der Waals surface area contributed by atoms with Gasteiger partial charge in [-0.2, -0.15) is 4.31 Å². The minimum atomic E-state index is -3.17. The molecule has 1 N–H and O–H groups in total. The van der Waals surface area contributed by atoms with Crippen molar-refractivity contribution in [3.8, 4) is 5.75 Å². The molecule has 2 aliphatic rings. The van der Waals surface area contributed by atoms with Crippen molar-refractivity contribution >= 4 is 15.9 Å². The Labute approximate surface area is 143 Å². The van der Waals surface area contributed by atoms with Gasteiger partial charge in [-0.3, -0.25) is 4.79 Å². The minimum Gasteiger partial charge on any atom is -0.496 e. The predicted octanol–water partition coefficient (Wildman–Crippen LogP) is 1.31. The summed E-state index contributed by atoms with van der Waals surface area (Å²) in [5.74, 6) is 0.663. The SMILES string of the molecule is COc1ccccc1CC(=O)NC1CC2CCC(C1)N2S(C)(=O)=O. The topological polar surface area (TPSA) is 75.7 Å². The third kappa shape index (κ3) is 3.57. The summed E-state index contributed by atoms with van der Waals surface area (Å²) in [5, 5.41) is 3.08. The summed E-state index contributed by atoms with van der Waals surface area (Å²) in [4.78, 5) is 12.4. The van der Waals surface area contributed by atoms with Gasteiger partial charge < -0.3 is 10.1 Å². The van der Waals surface area contributed by atoms with E-state index < -0.39 is 10.0 Å². The number of carbonyl (C=O) groups excluding carboxylic acids is 1. The van der Waals surface area contributed by atoms with Crippen molar-refractivity contribution in [2.45, 2.75) is 50.2 Å². The zero-order chi connectivity index (χ0) is 17.3. The Bertz CT molecular complexity index is 705. The standard InChI is InChI=1S/C17H24N2O4S/c1-23-16-6-4-3-5-12(16)9-17(20)18-13-10-14-7-8-15(11-13)19(14)24(2,21)22/h3-6,13-15H,7-11H2,1-2H3,(H,18,20). The lowest BCUT2D eigenvalue weighted by Crippen LogP contribution is -2.52. The smallest absolute Gasteiger partial charge is 0.224 e. The van der Waals surface area contributed by atoms with Crippen molar-refractivity contribution in [3.05, 3.63) is 29.8 Å². The van der Waals surface area contributed by atoms with Crippen LogP contribution in [0.1, 0.15) is 31.2 Å². The lowest BCUT2D eigenvalue weighted by molar-refractivity contribution is -0.121. The molecule has 0 spiro atoms. The second-order valence-corrected chi connectivity index (χ2v) is 8.59. The summed E-state index contributed by atoms with van der Waals surface area (Å²) >= 11 is 0. The maximum atomic E-state index is 12.4. The van der Waals surface area contributed by atoms with Crippen molar-refractivity contribution < 1.29 is 17.9 Å². The van der Waals surface area contributed by atoms with Crippen LogP contribution in [0.25, 0.3) is 0 Å². The van der Waals surface area contributed by atoms with Gasteiger partial charge in [0.1, 0.15) is 5.75 Å². The molecule has 2 unspecified atom stereocenters. The molecule has 132 valence electrons. The first-order chi connectivity index (χ1) is 11.4. The average Bonchev–Trinajstić information content (AvgIpc) is 2.80. The van der Waals surface area contributed by atoms with E-state index in [1.165, 1.54) is 6.26 Å². The molecule has 2 aliphatic heterocycles. The van der Waals surface area contributed by atoms with Crippen molar-refractivity contribution in [1.29, 1.82) is 0 Å². The van der Waals surface area contributed by atoms with Gasteiger partial charge in [-0.25, -0.2) is 8.42 Å². The van der Waals surface area contributed by atoms with Crippen LogP contribution in [0.3, 0.4) is 0 Å². The van der Waals surface area contributed by atoms with E-state index in [4.69, 9.17) is 4.74 Å². The van der Waals surface area contributed by atoms with Crippen LogP contribution in [-0.2, 0) is 21.2 Å². The summed E-state index contributed by atoms with van der Waals surface area (Å²) in [7, 11) is -1.57. The summed E-state index contributed by atoms with van der Waals surface area (Å²) in [5.41, 5.74) is 0.856. The van der Waals surface area contributed by atoms with Crippen LogP contribution >= 0.6 is 0 Å². The highest BCUT2D eigenvalue weighted by Gasteiger charge is 2.45. The number of hydrogen-bond acceptors (Lipinski definition) is 4. The molecular formula is C17H24N2O4S. The molecule has 2 saturated heterocycles. The predicted molar refractivity (Wildman–Crippen MR) is 91.4 cm³/mol. The van der Waals surface area contributed by atoms with Gasteiger partial charge in [0.25, 0.3) is 0 Å². The van der Waals surface area contributed by atoms with E-state index in [-0.39, 0.29) is 30.5 Å². The first-order valence-corrected chi connectivity index (χ1v) is 10.1.